The zero-order valence-electron chi connectivity index (χ0n) is 16.2. The minimum atomic E-state index is -1.35. The zero-order valence-corrected chi connectivity index (χ0v) is 17.0. The molecular formula is C24H20N2O3S. The Morgan fingerprint density at radius 3 is 1.57 bits per heavy atom. The summed E-state index contributed by atoms with van der Waals surface area (Å²) in [5, 5.41) is 0. The third kappa shape index (κ3) is 5.30. The van der Waals surface area contributed by atoms with Crippen molar-refractivity contribution in [1.29, 1.82) is 0 Å². The van der Waals surface area contributed by atoms with Crippen molar-refractivity contribution in [2.24, 2.45) is 0 Å². The molecule has 0 fully saturated rings. The third-order valence-corrected chi connectivity index (χ3v) is 5.63. The third-order valence-electron chi connectivity index (χ3n) is 4.26. The number of ether oxygens (including phenoxy) is 2. The predicted molar refractivity (Wildman–Crippen MR) is 115 cm³/mol. The molecule has 0 radical (unpaired) electrons. The van der Waals surface area contributed by atoms with E-state index in [-0.39, 0.29) is 0 Å². The van der Waals surface area contributed by atoms with Crippen molar-refractivity contribution in [3.05, 3.63) is 109 Å². The van der Waals surface area contributed by atoms with Crippen LogP contribution in [-0.2, 0) is 24.0 Å². The molecule has 2 aromatic carbocycles. The number of rotatable bonds is 8. The van der Waals surface area contributed by atoms with Gasteiger partial charge in [0, 0.05) is 22.2 Å². The second-order valence-corrected chi connectivity index (χ2v) is 7.92. The first-order valence-electron chi connectivity index (χ1n) is 9.45. The van der Waals surface area contributed by atoms with Crippen molar-refractivity contribution in [3.8, 4) is 11.5 Å². The highest BCUT2D eigenvalue weighted by atomic mass is 32.2. The summed E-state index contributed by atoms with van der Waals surface area (Å²) < 4.78 is 24.7. The Labute approximate surface area is 177 Å². The van der Waals surface area contributed by atoms with Crippen LogP contribution >= 0.6 is 0 Å². The summed E-state index contributed by atoms with van der Waals surface area (Å²) in [5.74, 6) is 1.29. The van der Waals surface area contributed by atoms with E-state index in [0.717, 1.165) is 11.4 Å². The van der Waals surface area contributed by atoms with Gasteiger partial charge < -0.3 is 9.47 Å². The van der Waals surface area contributed by atoms with Crippen molar-refractivity contribution in [2.45, 2.75) is 23.0 Å². The molecule has 4 aromatic rings. The fourth-order valence-electron chi connectivity index (χ4n) is 2.78. The Morgan fingerprint density at radius 1 is 0.633 bits per heavy atom. The van der Waals surface area contributed by atoms with E-state index in [0.29, 0.717) is 34.5 Å². The molecule has 0 unspecified atom stereocenters. The van der Waals surface area contributed by atoms with Gasteiger partial charge in [-0.05, 0) is 60.7 Å². The molecule has 6 heteroatoms. The fourth-order valence-corrected chi connectivity index (χ4v) is 3.90. The van der Waals surface area contributed by atoms with Gasteiger partial charge in [0.1, 0.15) is 24.7 Å². The first-order chi connectivity index (χ1) is 14.8. The van der Waals surface area contributed by atoms with Crippen LogP contribution in [0.25, 0.3) is 0 Å². The molecule has 0 atom stereocenters. The lowest BCUT2D eigenvalue weighted by Crippen LogP contribution is -2.00. The van der Waals surface area contributed by atoms with Crippen LogP contribution in [0.5, 0.6) is 11.5 Å². The van der Waals surface area contributed by atoms with Crippen LogP contribution in [0.4, 0.5) is 0 Å². The van der Waals surface area contributed by atoms with E-state index in [4.69, 9.17) is 9.47 Å². The van der Waals surface area contributed by atoms with Gasteiger partial charge in [0.05, 0.1) is 22.2 Å². The molecule has 0 saturated carbocycles. The maximum absolute atomic E-state index is 13.1. The van der Waals surface area contributed by atoms with Crippen LogP contribution in [0.1, 0.15) is 11.4 Å². The summed E-state index contributed by atoms with van der Waals surface area (Å²) in [6.07, 6.45) is 3.46. The highest BCUT2D eigenvalue weighted by molar-refractivity contribution is 7.85. The van der Waals surface area contributed by atoms with E-state index in [1.807, 2.05) is 72.8 Å². The monoisotopic (exact) mass is 416 g/mol. The van der Waals surface area contributed by atoms with Crippen molar-refractivity contribution in [3.63, 3.8) is 0 Å². The van der Waals surface area contributed by atoms with Gasteiger partial charge in [-0.1, -0.05) is 24.3 Å². The zero-order chi connectivity index (χ0) is 20.6. The lowest BCUT2D eigenvalue weighted by molar-refractivity contribution is 0.300. The van der Waals surface area contributed by atoms with E-state index in [1.54, 1.807) is 24.5 Å². The van der Waals surface area contributed by atoms with Crippen LogP contribution in [0.15, 0.2) is 107 Å². The molecule has 0 bridgehead atoms. The van der Waals surface area contributed by atoms with E-state index in [2.05, 4.69) is 9.97 Å². The number of hydrogen-bond acceptors (Lipinski definition) is 5. The molecule has 0 saturated heterocycles. The van der Waals surface area contributed by atoms with Gasteiger partial charge in [-0.15, -0.1) is 0 Å². The molecule has 5 nitrogen and oxygen atoms in total. The molecule has 0 amide bonds. The summed E-state index contributed by atoms with van der Waals surface area (Å²) in [4.78, 5) is 9.81. The highest BCUT2D eigenvalue weighted by Gasteiger charge is 2.10. The van der Waals surface area contributed by atoms with Crippen LogP contribution < -0.4 is 9.47 Å². The fraction of sp³-hybridized carbons (Fsp3) is 0.0833. The summed E-state index contributed by atoms with van der Waals surface area (Å²) in [6, 6.07) is 26.0. The molecule has 30 heavy (non-hydrogen) atoms. The van der Waals surface area contributed by atoms with Crippen molar-refractivity contribution < 1.29 is 13.7 Å². The summed E-state index contributed by atoms with van der Waals surface area (Å²) >= 11 is 0. The predicted octanol–water partition coefficient (Wildman–Crippen LogP) is 4.80. The first kappa shape index (κ1) is 19.8. The van der Waals surface area contributed by atoms with Gasteiger partial charge in [-0.2, -0.15) is 0 Å². The Hall–Kier alpha value is -3.51. The summed E-state index contributed by atoms with van der Waals surface area (Å²) in [6.45, 7) is 0.710. The standard InChI is InChI=1S/C24H20N2O3S/c27-30(23-11-5-9-21(15-23)28-17-19-7-1-3-13-25-19)24-12-6-10-22(16-24)29-18-20-8-2-4-14-26-20/h1-16H,17-18H2. The molecule has 0 N–H and O–H groups in total. The van der Waals surface area contributed by atoms with Crippen LogP contribution in [0.2, 0.25) is 0 Å². The number of pyridine rings is 2. The Kier molecular flexibility index (Phi) is 6.47. The molecule has 2 aromatic heterocycles. The molecule has 0 spiro atoms. The van der Waals surface area contributed by atoms with Crippen LogP contribution in [-0.4, -0.2) is 14.2 Å². The average Bonchev–Trinajstić information content (AvgIpc) is 2.83. The summed E-state index contributed by atoms with van der Waals surface area (Å²) in [5.41, 5.74) is 1.67. The second-order valence-electron chi connectivity index (χ2n) is 6.44. The molecule has 150 valence electrons. The first-order valence-corrected chi connectivity index (χ1v) is 10.6. The Balaban J connectivity index is 1.43. The van der Waals surface area contributed by atoms with Gasteiger partial charge in [0.2, 0.25) is 0 Å². The van der Waals surface area contributed by atoms with Gasteiger partial charge in [-0.25, -0.2) is 4.21 Å². The lowest BCUT2D eigenvalue weighted by Gasteiger charge is -2.10. The minimum absolute atomic E-state index is 0.355. The SMILES string of the molecule is O=S(c1cccc(OCc2ccccn2)c1)c1cccc(OCc2ccccn2)c1. The number of aromatic nitrogens is 2. The lowest BCUT2D eigenvalue weighted by atomic mass is 10.3. The minimum Gasteiger partial charge on any atom is -0.487 e. The molecule has 2 heterocycles. The number of nitrogens with zero attached hydrogens (tertiary/aromatic N) is 2. The second kappa shape index (κ2) is 9.80. The normalized spacial score (nSPS) is 10.7. The number of benzene rings is 2. The molecule has 0 aliphatic carbocycles. The Bertz CT molecular complexity index is 1030. The average molecular weight is 417 g/mol. The van der Waals surface area contributed by atoms with Gasteiger partial charge in [0.15, 0.2) is 0 Å². The van der Waals surface area contributed by atoms with E-state index in [1.165, 1.54) is 0 Å². The van der Waals surface area contributed by atoms with Gasteiger partial charge in [0.25, 0.3) is 0 Å². The topological polar surface area (TPSA) is 61.3 Å². The molecule has 0 aliphatic rings. The molecular weight excluding hydrogens is 396 g/mol. The van der Waals surface area contributed by atoms with E-state index in [9.17, 15) is 4.21 Å². The maximum Gasteiger partial charge on any atom is 0.130 e. The van der Waals surface area contributed by atoms with E-state index < -0.39 is 10.8 Å². The Morgan fingerprint density at radius 2 is 1.13 bits per heavy atom. The van der Waals surface area contributed by atoms with Crippen LogP contribution in [0.3, 0.4) is 0 Å². The quantitative estimate of drug-likeness (QED) is 0.413. The maximum atomic E-state index is 13.1. The summed E-state index contributed by atoms with van der Waals surface area (Å²) in [7, 11) is -1.35. The molecule has 4 rings (SSSR count). The van der Waals surface area contributed by atoms with Gasteiger partial charge >= 0.3 is 0 Å². The van der Waals surface area contributed by atoms with Crippen molar-refractivity contribution in [2.75, 3.05) is 0 Å². The van der Waals surface area contributed by atoms with E-state index >= 15 is 0 Å². The van der Waals surface area contributed by atoms with Crippen molar-refractivity contribution >= 4 is 10.8 Å². The highest BCUT2D eigenvalue weighted by Crippen LogP contribution is 2.24. The number of hydrogen-bond donors (Lipinski definition) is 0. The van der Waals surface area contributed by atoms with Gasteiger partial charge in [-0.3, -0.25) is 9.97 Å². The van der Waals surface area contributed by atoms with Crippen molar-refractivity contribution in [1.82, 2.24) is 9.97 Å². The smallest absolute Gasteiger partial charge is 0.130 e. The largest absolute Gasteiger partial charge is 0.487 e. The molecule has 0 aliphatic heterocycles. The van der Waals surface area contributed by atoms with Crippen LogP contribution in [0, 0.1) is 0 Å².